The second-order valence-electron chi connectivity index (χ2n) is 4.04. The van der Waals surface area contributed by atoms with Crippen LogP contribution in [0, 0.1) is 0 Å². The summed E-state index contributed by atoms with van der Waals surface area (Å²) in [6, 6.07) is 3.79. The quantitative estimate of drug-likeness (QED) is 0.775. The van der Waals surface area contributed by atoms with Crippen LogP contribution in [0.15, 0.2) is 24.5 Å². The molecular formula is C12H17N3O2. The molecule has 1 unspecified atom stereocenters. The molecule has 1 aliphatic rings. The maximum absolute atomic E-state index is 11.6. The molecule has 2 N–H and O–H groups in total. The van der Waals surface area contributed by atoms with Gasteiger partial charge in [-0.15, -0.1) is 0 Å². The number of hydrogen-bond donors (Lipinski definition) is 2. The van der Waals surface area contributed by atoms with E-state index in [2.05, 4.69) is 15.6 Å². The van der Waals surface area contributed by atoms with Crippen LogP contribution in [0.5, 0.6) is 0 Å². The summed E-state index contributed by atoms with van der Waals surface area (Å²) >= 11 is 0. The second kappa shape index (κ2) is 6.32. The van der Waals surface area contributed by atoms with E-state index in [0.29, 0.717) is 19.6 Å². The van der Waals surface area contributed by atoms with Gasteiger partial charge in [-0.05, 0) is 11.6 Å². The van der Waals surface area contributed by atoms with Crippen molar-refractivity contribution in [2.24, 2.45) is 0 Å². The first-order chi connectivity index (χ1) is 8.34. The fourth-order valence-electron chi connectivity index (χ4n) is 1.73. The van der Waals surface area contributed by atoms with E-state index in [1.165, 1.54) is 0 Å². The highest BCUT2D eigenvalue weighted by Crippen LogP contribution is 2.02. The lowest BCUT2D eigenvalue weighted by Gasteiger charge is -2.23. The van der Waals surface area contributed by atoms with Crippen LogP contribution in [0.4, 0.5) is 0 Å². The molecule has 1 amide bonds. The molecule has 1 aromatic rings. The lowest BCUT2D eigenvalue weighted by Crippen LogP contribution is -2.41. The monoisotopic (exact) mass is 235 g/mol. The van der Waals surface area contributed by atoms with Gasteiger partial charge in [-0.2, -0.15) is 0 Å². The Morgan fingerprint density at radius 1 is 1.65 bits per heavy atom. The highest BCUT2D eigenvalue weighted by molar-refractivity contribution is 5.76. The molecule has 5 nitrogen and oxygen atoms in total. The molecule has 1 saturated heterocycles. The fourth-order valence-corrected chi connectivity index (χ4v) is 1.73. The number of hydrogen-bond acceptors (Lipinski definition) is 4. The topological polar surface area (TPSA) is 63.2 Å². The Kier molecular flexibility index (Phi) is 4.46. The fraction of sp³-hybridized carbons (Fsp3) is 0.500. The molecule has 0 aromatic carbocycles. The van der Waals surface area contributed by atoms with E-state index < -0.39 is 0 Å². The molecule has 2 heterocycles. The summed E-state index contributed by atoms with van der Waals surface area (Å²) in [4.78, 5) is 15.6. The van der Waals surface area contributed by atoms with Crippen LogP contribution in [-0.2, 0) is 16.1 Å². The summed E-state index contributed by atoms with van der Waals surface area (Å²) < 4.78 is 5.46. The number of morpholine rings is 1. The average Bonchev–Trinajstić information content (AvgIpc) is 2.39. The molecule has 0 saturated carbocycles. The van der Waals surface area contributed by atoms with Crippen molar-refractivity contribution in [2.45, 2.75) is 19.1 Å². The molecule has 1 atom stereocenters. The Balaban J connectivity index is 1.70. The zero-order valence-electron chi connectivity index (χ0n) is 9.69. The summed E-state index contributed by atoms with van der Waals surface area (Å²) in [6.45, 7) is 2.82. The van der Waals surface area contributed by atoms with Gasteiger partial charge in [0.1, 0.15) is 0 Å². The van der Waals surface area contributed by atoms with E-state index in [1.54, 1.807) is 12.4 Å². The zero-order chi connectivity index (χ0) is 11.9. The van der Waals surface area contributed by atoms with Crippen molar-refractivity contribution in [3.63, 3.8) is 0 Å². The molecular weight excluding hydrogens is 218 g/mol. The standard InChI is InChI=1S/C12H17N3O2/c16-12(6-11-9-14-4-5-17-11)15-8-10-2-1-3-13-7-10/h1-3,7,11,14H,4-6,8-9H2,(H,15,16). The molecule has 0 spiro atoms. The third-order valence-corrected chi connectivity index (χ3v) is 2.63. The normalized spacial score (nSPS) is 19.9. The molecule has 0 bridgehead atoms. The van der Waals surface area contributed by atoms with Crippen LogP contribution in [-0.4, -0.2) is 36.7 Å². The van der Waals surface area contributed by atoms with Gasteiger partial charge in [0.25, 0.3) is 0 Å². The van der Waals surface area contributed by atoms with Crippen molar-refractivity contribution in [3.8, 4) is 0 Å². The minimum atomic E-state index is -0.00218. The third-order valence-electron chi connectivity index (χ3n) is 2.63. The maximum Gasteiger partial charge on any atom is 0.222 e. The van der Waals surface area contributed by atoms with Crippen LogP contribution >= 0.6 is 0 Å². The van der Waals surface area contributed by atoms with Crippen molar-refractivity contribution < 1.29 is 9.53 Å². The van der Waals surface area contributed by atoms with E-state index in [0.717, 1.165) is 18.7 Å². The summed E-state index contributed by atoms with van der Waals surface area (Å²) in [5, 5.41) is 6.06. The van der Waals surface area contributed by atoms with E-state index in [-0.39, 0.29) is 12.0 Å². The van der Waals surface area contributed by atoms with Crippen LogP contribution < -0.4 is 10.6 Å². The molecule has 1 fully saturated rings. The predicted octanol–water partition coefficient (Wildman–Crippen LogP) is 0.0763. The largest absolute Gasteiger partial charge is 0.375 e. The molecule has 0 aliphatic carbocycles. The number of ether oxygens (including phenoxy) is 1. The number of rotatable bonds is 4. The molecule has 17 heavy (non-hydrogen) atoms. The SMILES string of the molecule is O=C(CC1CNCCO1)NCc1cccnc1. The molecule has 0 radical (unpaired) electrons. The van der Waals surface area contributed by atoms with Gasteiger partial charge >= 0.3 is 0 Å². The van der Waals surface area contributed by atoms with E-state index in [1.807, 2.05) is 12.1 Å². The molecule has 92 valence electrons. The molecule has 5 heteroatoms. The van der Waals surface area contributed by atoms with Gasteiger partial charge in [-0.25, -0.2) is 0 Å². The zero-order valence-corrected chi connectivity index (χ0v) is 9.69. The molecule has 2 rings (SSSR count). The summed E-state index contributed by atoms with van der Waals surface area (Å²) in [5.41, 5.74) is 1.00. The number of nitrogens with zero attached hydrogens (tertiary/aromatic N) is 1. The summed E-state index contributed by atoms with van der Waals surface area (Å²) in [6.07, 6.45) is 3.87. The Hall–Kier alpha value is -1.46. The van der Waals surface area contributed by atoms with Crippen molar-refractivity contribution in [3.05, 3.63) is 30.1 Å². The van der Waals surface area contributed by atoms with Crippen molar-refractivity contribution in [1.29, 1.82) is 0 Å². The van der Waals surface area contributed by atoms with Gasteiger partial charge < -0.3 is 15.4 Å². The van der Waals surface area contributed by atoms with Gasteiger partial charge in [0, 0.05) is 32.0 Å². The van der Waals surface area contributed by atoms with Gasteiger partial charge in [0.05, 0.1) is 19.1 Å². The van der Waals surface area contributed by atoms with Crippen LogP contribution in [0.2, 0.25) is 0 Å². The first kappa shape index (κ1) is 12.0. The minimum Gasteiger partial charge on any atom is -0.375 e. The van der Waals surface area contributed by atoms with E-state index in [9.17, 15) is 4.79 Å². The van der Waals surface area contributed by atoms with Gasteiger partial charge in [-0.1, -0.05) is 6.07 Å². The molecule has 1 aromatic heterocycles. The van der Waals surface area contributed by atoms with Crippen molar-refractivity contribution >= 4 is 5.91 Å². The molecule has 1 aliphatic heterocycles. The minimum absolute atomic E-state index is 0.00218. The predicted molar refractivity (Wildman–Crippen MR) is 63.3 cm³/mol. The van der Waals surface area contributed by atoms with Gasteiger partial charge in [0.2, 0.25) is 5.91 Å². The number of pyridine rings is 1. The Morgan fingerprint density at radius 3 is 3.29 bits per heavy atom. The van der Waals surface area contributed by atoms with E-state index >= 15 is 0 Å². The second-order valence-corrected chi connectivity index (χ2v) is 4.04. The third kappa shape index (κ3) is 4.13. The highest BCUT2D eigenvalue weighted by Gasteiger charge is 2.16. The van der Waals surface area contributed by atoms with Crippen LogP contribution in [0.3, 0.4) is 0 Å². The lowest BCUT2D eigenvalue weighted by molar-refractivity contribution is -0.124. The first-order valence-electron chi connectivity index (χ1n) is 5.82. The maximum atomic E-state index is 11.6. The number of aromatic nitrogens is 1. The van der Waals surface area contributed by atoms with Crippen LogP contribution in [0.1, 0.15) is 12.0 Å². The van der Waals surface area contributed by atoms with Gasteiger partial charge in [-0.3, -0.25) is 9.78 Å². The van der Waals surface area contributed by atoms with Crippen molar-refractivity contribution in [1.82, 2.24) is 15.6 Å². The van der Waals surface area contributed by atoms with Gasteiger partial charge in [0.15, 0.2) is 0 Å². The van der Waals surface area contributed by atoms with Crippen LogP contribution in [0.25, 0.3) is 0 Å². The smallest absolute Gasteiger partial charge is 0.222 e. The Bertz CT molecular complexity index is 350. The Morgan fingerprint density at radius 2 is 2.59 bits per heavy atom. The number of amides is 1. The van der Waals surface area contributed by atoms with Crippen molar-refractivity contribution in [2.75, 3.05) is 19.7 Å². The number of nitrogens with one attached hydrogen (secondary N) is 2. The average molecular weight is 235 g/mol. The summed E-state index contributed by atoms with van der Waals surface area (Å²) in [7, 11) is 0. The van der Waals surface area contributed by atoms with E-state index in [4.69, 9.17) is 4.74 Å². The first-order valence-corrected chi connectivity index (χ1v) is 5.82. The number of carbonyl (C=O) groups is 1. The lowest BCUT2D eigenvalue weighted by atomic mass is 10.2. The Labute approximate surface area is 101 Å². The number of carbonyl (C=O) groups excluding carboxylic acids is 1. The highest BCUT2D eigenvalue weighted by atomic mass is 16.5. The summed E-state index contributed by atoms with van der Waals surface area (Å²) in [5.74, 6) is 0.0163.